The van der Waals surface area contributed by atoms with Gasteiger partial charge in [0, 0.05) is 5.41 Å². The maximum atomic E-state index is 8.86. The number of rotatable bonds is 4. The van der Waals surface area contributed by atoms with Crippen molar-refractivity contribution in [1.82, 2.24) is 0 Å². The summed E-state index contributed by atoms with van der Waals surface area (Å²) in [6.07, 6.45) is 1.72. The molecule has 0 amide bonds. The van der Waals surface area contributed by atoms with Crippen molar-refractivity contribution in [1.29, 1.82) is 0 Å². The van der Waals surface area contributed by atoms with E-state index in [9.17, 15) is 0 Å². The standard InChI is InChI=1S/C9H18O2/c1-8(2)5-11-7-9(3,4)6-10/h5,10H,6-7H2,1-4H3. The molecule has 0 aliphatic carbocycles. The van der Waals surface area contributed by atoms with Crippen molar-refractivity contribution in [3.63, 3.8) is 0 Å². The lowest BCUT2D eigenvalue weighted by molar-refractivity contribution is 0.0741. The van der Waals surface area contributed by atoms with Crippen LogP contribution in [0.15, 0.2) is 11.8 Å². The average Bonchev–Trinajstić information content (AvgIpc) is 1.87. The highest BCUT2D eigenvalue weighted by Crippen LogP contribution is 2.13. The highest BCUT2D eigenvalue weighted by Gasteiger charge is 2.16. The second kappa shape index (κ2) is 4.39. The van der Waals surface area contributed by atoms with Gasteiger partial charge in [0.05, 0.1) is 19.5 Å². The smallest absolute Gasteiger partial charge is 0.0946 e. The number of aliphatic hydroxyl groups excluding tert-OH is 1. The molecule has 2 nitrogen and oxygen atoms in total. The summed E-state index contributed by atoms with van der Waals surface area (Å²) < 4.78 is 5.23. The molecule has 0 saturated heterocycles. The highest BCUT2D eigenvalue weighted by molar-refractivity contribution is 4.86. The first-order chi connectivity index (χ1) is 4.98. The Morgan fingerprint density at radius 2 is 2.00 bits per heavy atom. The van der Waals surface area contributed by atoms with E-state index in [1.54, 1.807) is 6.26 Å². The lowest BCUT2D eigenvalue weighted by Gasteiger charge is -2.20. The molecule has 0 aromatic rings. The molecule has 0 heterocycles. The van der Waals surface area contributed by atoms with Crippen molar-refractivity contribution < 1.29 is 9.84 Å². The topological polar surface area (TPSA) is 29.5 Å². The van der Waals surface area contributed by atoms with E-state index in [0.717, 1.165) is 5.57 Å². The van der Waals surface area contributed by atoms with Gasteiger partial charge in [0.2, 0.25) is 0 Å². The molecule has 11 heavy (non-hydrogen) atoms. The zero-order chi connectivity index (χ0) is 8.91. The summed E-state index contributed by atoms with van der Waals surface area (Å²) in [4.78, 5) is 0. The van der Waals surface area contributed by atoms with Crippen LogP contribution in [0.25, 0.3) is 0 Å². The van der Waals surface area contributed by atoms with E-state index in [1.165, 1.54) is 0 Å². The molecule has 0 atom stereocenters. The molecule has 0 saturated carbocycles. The molecule has 0 spiro atoms. The Morgan fingerprint density at radius 1 is 1.45 bits per heavy atom. The fourth-order valence-electron chi connectivity index (χ4n) is 0.480. The van der Waals surface area contributed by atoms with Crippen LogP contribution in [0.5, 0.6) is 0 Å². The van der Waals surface area contributed by atoms with Gasteiger partial charge >= 0.3 is 0 Å². The summed E-state index contributed by atoms with van der Waals surface area (Å²) >= 11 is 0. The predicted molar refractivity (Wildman–Crippen MR) is 46.2 cm³/mol. The number of hydrogen-bond donors (Lipinski definition) is 1. The maximum absolute atomic E-state index is 8.86. The summed E-state index contributed by atoms with van der Waals surface area (Å²) in [6, 6.07) is 0. The molecule has 66 valence electrons. The second-order valence-corrected chi connectivity index (χ2v) is 3.83. The van der Waals surface area contributed by atoms with Crippen LogP contribution in [0.1, 0.15) is 27.7 Å². The van der Waals surface area contributed by atoms with Gasteiger partial charge in [-0.25, -0.2) is 0 Å². The quantitative estimate of drug-likeness (QED) is 0.634. The second-order valence-electron chi connectivity index (χ2n) is 3.83. The molecule has 1 N–H and O–H groups in total. The summed E-state index contributed by atoms with van der Waals surface area (Å²) in [6.45, 7) is 8.60. The molecule has 2 heteroatoms. The first kappa shape index (κ1) is 10.5. The third-order valence-corrected chi connectivity index (χ3v) is 1.22. The van der Waals surface area contributed by atoms with E-state index < -0.39 is 0 Å². The molecule has 0 radical (unpaired) electrons. The molecule has 0 fully saturated rings. The van der Waals surface area contributed by atoms with Gasteiger partial charge in [-0.15, -0.1) is 0 Å². The molecule has 0 aliphatic heterocycles. The van der Waals surface area contributed by atoms with Gasteiger partial charge in [0.1, 0.15) is 0 Å². The minimum atomic E-state index is -0.133. The first-order valence-corrected chi connectivity index (χ1v) is 3.84. The number of hydrogen-bond acceptors (Lipinski definition) is 2. The van der Waals surface area contributed by atoms with E-state index >= 15 is 0 Å². The van der Waals surface area contributed by atoms with Crippen LogP contribution in [0.4, 0.5) is 0 Å². The van der Waals surface area contributed by atoms with Gasteiger partial charge in [0.25, 0.3) is 0 Å². The minimum absolute atomic E-state index is 0.133. The Kier molecular flexibility index (Phi) is 4.19. The molecule has 0 unspecified atom stereocenters. The Hall–Kier alpha value is -0.500. The van der Waals surface area contributed by atoms with Crippen LogP contribution in [-0.4, -0.2) is 18.3 Å². The van der Waals surface area contributed by atoms with Crippen LogP contribution < -0.4 is 0 Å². The lowest BCUT2D eigenvalue weighted by atomic mass is 9.97. The van der Waals surface area contributed by atoms with Gasteiger partial charge in [-0.05, 0) is 19.4 Å². The largest absolute Gasteiger partial charge is 0.501 e. The third kappa shape index (κ3) is 5.92. The Balaban J connectivity index is 3.62. The van der Waals surface area contributed by atoms with Gasteiger partial charge in [-0.2, -0.15) is 0 Å². The van der Waals surface area contributed by atoms with E-state index in [-0.39, 0.29) is 12.0 Å². The zero-order valence-corrected chi connectivity index (χ0v) is 7.85. The van der Waals surface area contributed by atoms with Crippen LogP contribution >= 0.6 is 0 Å². The summed E-state index contributed by atoms with van der Waals surface area (Å²) in [5.74, 6) is 0. The van der Waals surface area contributed by atoms with Crippen molar-refractivity contribution in [2.45, 2.75) is 27.7 Å². The molecule has 0 aliphatic rings. The number of ether oxygens (including phenoxy) is 1. The normalized spacial score (nSPS) is 11.0. The predicted octanol–water partition coefficient (Wildman–Crippen LogP) is 1.95. The Bertz CT molecular complexity index is 132. The van der Waals surface area contributed by atoms with Crippen molar-refractivity contribution in [2.75, 3.05) is 13.2 Å². The molecule has 0 aromatic carbocycles. The first-order valence-electron chi connectivity index (χ1n) is 3.84. The highest BCUT2D eigenvalue weighted by atomic mass is 16.5. The fourth-order valence-corrected chi connectivity index (χ4v) is 0.480. The fraction of sp³-hybridized carbons (Fsp3) is 0.778. The molecular weight excluding hydrogens is 140 g/mol. The molecule has 0 aromatic heterocycles. The minimum Gasteiger partial charge on any atom is -0.501 e. The summed E-state index contributed by atoms with van der Waals surface area (Å²) in [5.41, 5.74) is 1.00. The molecular formula is C9H18O2. The van der Waals surface area contributed by atoms with E-state index in [2.05, 4.69) is 0 Å². The zero-order valence-electron chi connectivity index (χ0n) is 7.85. The van der Waals surface area contributed by atoms with Crippen LogP contribution in [0.3, 0.4) is 0 Å². The Labute approximate surface area is 68.9 Å². The van der Waals surface area contributed by atoms with Crippen molar-refractivity contribution in [2.24, 2.45) is 5.41 Å². The van der Waals surface area contributed by atoms with E-state index in [0.29, 0.717) is 6.61 Å². The van der Waals surface area contributed by atoms with Gasteiger partial charge < -0.3 is 9.84 Å². The molecule has 0 rings (SSSR count). The van der Waals surface area contributed by atoms with Gasteiger partial charge in [-0.1, -0.05) is 13.8 Å². The SMILES string of the molecule is CC(C)=COCC(C)(C)CO. The lowest BCUT2D eigenvalue weighted by Crippen LogP contribution is -2.22. The average molecular weight is 158 g/mol. The Morgan fingerprint density at radius 3 is 2.36 bits per heavy atom. The van der Waals surface area contributed by atoms with Crippen molar-refractivity contribution in [3.8, 4) is 0 Å². The van der Waals surface area contributed by atoms with Crippen LogP contribution in [0, 0.1) is 5.41 Å². The van der Waals surface area contributed by atoms with Crippen LogP contribution in [0.2, 0.25) is 0 Å². The summed E-state index contributed by atoms with van der Waals surface area (Å²) in [7, 11) is 0. The number of allylic oxidation sites excluding steroid dienone is 1. The van der Waals surface area contributed by atoms with Crippen molar-refractivity contribution in [3.05, 3.63) is 11.8 Å². The number of aliphatic hydroxyl groups is 1. The maximum Gasteiger partial charge on any atom is 0.0946 e. The van der Waals surface area contributed by atoms with E-state index in [4.69, 9.17) is 9.84 Å². The van der Waals surface area contributed by atoms with Crippen molar-refractivity contribution >= 4 is 0 Å². The monoisotopic (exact) mass is 158 g/mol. The van der Waals surface area contributed by atoms with Crippen LogP contribution in [-0.2, 0) is 4.74 Å². The van der Waals surface area contributed by atoms with Gasteiger partial charge in [0.15, 0.2) is 0 Å². The third-order valence-electron chi connectivity index (χ3n) is 1.22. The van der Waals surface area contributed by atoms with E-state index in [1.807, 2.05) is 27.7 Å². The summed E-state index contributed by atoms with van der Waals surface area (Å²) in [5, 5.41) is 8.86. The van der Waals surface area contributed by atoms with Gasteiger partial charge in [-0.3, -0.25) is 0 Å². The molecule has 0 bridgehead atoms.